The summed E-state index contributed by atoms with van der Waals surface area (Å²) in [5, 5.41) is 0.595. The van der Waals surface area contributed by atoms with Crippen molar-refractivity contribution in [1.82, 2.24) is 4.98 Å². The van der Waals surface area contributed by atoms with E-state index in [9.17, 15) is 9.59 Å². The molecule has 0 spiro atoms. The molecule has 1 aromatic heterocycles. The van der Waals surface area contributed by atoms with Gasteiger partial charge >= 0.3 is 5.97 Å². The van der Waals surface area contributed by atoms with Crippen LogP contribution in [0.5, 0.6) is 0 Å². The van der Waals surface area contributed by atoms with Crippen molar-refractivity contribution in [1.29, 1.82) is 0 Å². The SMILES string of the molecule is CCOC(=O)c1cccc(C(=O)c2[nH]c(Cl)c(Cl)c2CC)c1. The number of ketones is 1. The van der Waals surface area contributed by atoms with E-state index in [-0.39, 0.29) is 17.5 Å². The van der Waals surface area contributed by atoms with Gasteiger partial charge in [0.2, 0.25) is 5.78 Å². The van der Waals surface area contributed by atoms with Gasteiger partial charge in [-0.25, -0.2) is 4.79 Å². The van der Waals surface area contributed by atoms with E-state index in [0.717, 1.165) is 0 Å². The van der Waals surface area contributed by atoms with Crippen LogP contribution in [0.3, 0.4) is 0 Å². The summed E-state index contributed by atoms with van der Waals surface area (Å²) in [6.07, 6.45) is 0.570. The van der Waals surface area contributed by atoms with Gasteiger partial charge < -0.3 is 9.72 Å². The molecule has 116 valence electrons. The topological polar surface area (TPSA) is 59.2 Å². The van der Waals surface area contributed by atoms with Gasteiger partial charge in [-0.05, 0) is 25.5 Å². The molecule has 22 heavy (non-hydrogen) atoms. The number of H-pyrrole nitrogens is 1. The number of carbonyl (C=O) groups is 2. The molecule has 0 radical (unpaired) electrons. The fraction of sp³-hybridized carbons (Fsp3) is 0.250. The number of aromatic amines is 1. The molecule has 0 aliphatic heterocycles. The van der Waals surface area contributed by atoms with Crippen molar-refractivity contribution >= 4 is 35.0 Å². The van der Waals surface area contributed by atoms with Crippen molar-refractivity contribution in [3.8, 4) is 0 Å². The van der Waals surface area contributed by atoms with Crippen molar-refractivity contribution in [2.45, 2.75) is 20.3 Å². The molecule has 0 atom stereocenters. The van der Waals surface area contributed by atoms with E-state index < -0.39 is 5.97 Å². The van der Waals surface area contributed by atoms with Crippen LogP contribution in [0.15, 0.2) is 24.3 Å². The molecule has 1 aromatic carbocycles. The number of ether oxygens (including phenoxy) is 1. The van der Waals surface area contributed by atoms with Crippen LogP contribution in [0.1, 0.15) is 45.8 Å². The molecule has 6 heteroatoms. The molecule has 1 N–H and O–H groups in total. The predicted molar refractivity (Wildman–Crippen MR) is 86.0 cm³/mol. The zero-order valence-corrected chi connectivity index (χ0v) is 13.7. The Morgan fingerprint density at radius 1 is 1.18 bits per heavy atom. The van der Waals surface area contributed by atoms with Crippen LogP contribution in [0, 0.1) is 0 Å². The quantitative estimate of drug-likeness (QED) is 0.652. The van der Waals surface area contributed by atoms with E-state index in [1.807, 2.05) is 6.92 Å². The average Bonchev–Trinajstić information content (AvgIpc) is 2.82. The average molecular weight is 340 g/mol. The number of rotatable bonds is 5. The number of hydrogen-bond donors (Lipinski definition) is 1. The summed E-state index contributed by atoms with van der Waals surface area (Å²) in [5.74, 6) is -0.729. The molecule has 0 aliphatic rings. The maximum absolute atomic E-state index is 12.6. The van der Waals surface area contributed by atoms with Gasteiger partial charge in [-0.3, -0.25) is 4.79 Å². The van der Waals surface area contributed by atoms with Crippen molar-refractivity contribution in [2.75, 3.05) is 6.61 Å². The van der Waals surface area contributed by atoms with Gasteiger partial charge in [-0.15, -0.1) is 0 Å². The molecule has 0 saturated carbocycles. The molecular weight excluding hydrogens is 325 g/mol. The predicted octanol–water partition coefficient (Wildman–Crippen LogP) is 4.29. The van der Waals surface area contributed by atoms with Gasteiger partial charge in [-0.2, -0.15) is 0 Å². The van der Waals surface area contributed by atoms with Crippen LogP contribution in [0.2, 0.25) is 10.2 Å². The van der Waals surface area contributed by atoms with Crippen LogP contribution in [0.4, 0.5) is 0 Å². The minimum Gasteiger partial charge on any atom is -0.462 e. The van der Waals surface area contributed by atoms with Gasteiger partial charge in [0.15, 0.2) is 0 Å². The van der Waals surface area contributed by atoms with E-state index in [4.69, 9.17) is 27.9 Å². The highest BCUT2D eigenvalue weighted by atomic mass is 35.5. The smallest absolute Gasteiger partial charge is 0.338 e. The zero-order valence-electron chi connectivity index (χ0n) is 12.2. The second-order valence-corrected chi connectivity index (χ2v) is 5.35. The highest BCUT2D eigenvalue weighted by Gasteiger charge is 2.21. The first-order chi connectivity index (χ1) is 10.5. The molecule has 0 unspecified atom stereocenters. The Morgan fingerprint density at radius 2 is 1.86 bits per heavy atom. The lowest BCUT2D eigenvalue weighted by atomic mass is 10.0. The lowest BCUT2D eigenvalue weighted by Crippen LogP contribution is -2.09. The normalized spacial score (nSPS) is 10.5. The summed E-state index contributed by atoms with van der Waals surface area (Å²) in [4.78, 5) is 27.2. The molecule has 0 bridgehead atoms. The Hall–Kier alpha value is -1.78. The maximum Gasteiger partial charge on any atom is 0.338 e. The van der Waals surface area contributed by atoms with E-state index in [2.05, 4.69) is 4.98 Å². The van der Waals surface area contributed by atoms with Crippen LogP contribution in [-0.4, -0.2) is 23.3 Å². The fourth-order valence-corrected chi connectivity index (χ4v) is 2.64. The number of benzene rings is 1. The van der Waals surface area contributed by atoms with E-state index in [1.165, 1.54) is 6.07 Å². The van der Waals surface area contributed by atoms with Gasteiger partial charge in [-0.1, -0.05) is 42.3 Å². The summed E-state index contributed by atoms with van der Waals surface area (Å²) in [6, 6.07) is 6.37. The van der Waals surface area contributed by atoms with Crippen molar-refractivity contribution in [3.05, 3.63) is 56.8 Å². The number of nitrogens with one attached hydrogen (secondary N) is 1. The minimum absolute atomic E-state index is 0.239. The minimum atomic E-state index is -0.463. The lowest BCUT2D eigenvalue weighted by Gasteiger charge is -2.05. The lowest BCUT2D eigenvalue weighted by molar-refractivity contribution is 0.0526. The Bertz CT molecular complexity index is 722. The maximum atomic E-state index is 12.6. The molecule has 0 amide bonds. The summed E-state index contributed by atoms with van der Waals surface area (Å²) in [7, 11) is 0. The molecule has 2 aromatic rings. The van der Waals surface area contributed by atoms with Gasteiger partial charge in [0.25, 0.3) is 0 Å². The van der Waals surface area contributed by atoms with Crippen LogP contribution >= 0.6 is 23.2 Å². The Morgan fingerprint density at radius 3 is 2.50 bits per heavy atom. The van der Waals surface area contributed by atoms with E-state index in [1.54, 1.807) is 25.1 Å². The first kappa shape index (κ1) is 16.6. The summed E-state index contributed by atoms with van der Waals surface area (Å²) in [5.41, 5.74) is 1.71. The summed E-state index contributed by atoms with van der Waals surface area (Å²) in [6.45, 7) is 3.89. The molecule has 0 saturated heterocycles. The standard InChI is InChI=1S/C16H15Cl2NO3/c1-3-11-12(17)15(18)19-13(11)14(20)9-6-5-7-10(8-9)16(21)22-4-2/h5-8,19H,3-4H2,1-2H3. The van der Waals surface area contributed by atoms with Crippen LogP contribution in [0.25, 0.3) is 0 Å². The third-order valence-corrected chi connectivity index (χ3v) is 4.01. The largest absolute Gasteiger partial charge is 0.462 e. The Balaban J connectivity index is 2.40. The zero-order chi connectivity index (χ0) is 16.3. The summed E-state index contributed by atoms with van der Waals surface area (Å²) < 4.78 is 4.94. The highest BCUT2D eigenvalue weighted by Crippen LogP contribution is 2.30. The Labute approximate surface area is 138 Å². The monoisotopic (exact) mass is 339 g/mol. The van der Waals surface area contributed by atoms with Crippen molar-refractivity contribution in [3.63, 3.8) is 0 Å². The molecule has 0 aliphatic carbocycles. The van der Waals surface area contributed by atoms with E-state index >= 15 is 0 Å². The second kappa shape index (κ2) is 6.99. The van der Waals surface area contributed by atoms with Gasteiger partial charge in [0.1, 0.15) is 5.15 Å². The third-order valence-electron chi connectivity index (χ3n) is 3.21. The van der Waals surface area contributed by atoms with Crippen molar-refractivity contribution < 1.29 is 14.3 Å². The second-order valence-electron chi connectivity index (χ2n) is 4.59. The number of aromatic nitrogens is 1. The highest BCUT2D eigenvalue weighted by molar-refractivity contribution is 6.42. The van der Waals surface area contributed by atoms with Crippen LogP contribution in [-0.2, 0) is 11.2 Å². The van der Waals surface area contributed by atoms with Gasteiger partial charge in [0.05, 0.1) is 22.9 Å². The number of esters is 1. The molecule has 2 rings (SSSR count). The molecule has 1 heterocycles. The molecular formula is C16H15Cl2NO3. The fourth-order valence-electron chi connectivity index (χ4n) is 2.15. The first-order valence-electron chi connectivity index (χ1n) is 6.87. The number of halogens is 2. The number of carbonyl (C=O) groups excluding carboxylic acids is 2. The van der Waals surface area contributed by atoms with Gasteiger partial charge in [0, 0.05) is 11.1 Å². The first-order valence-corrected chi connectivity index (χ1v) is 7.62. The van der Waals surface area contributed by atoms with E-state index in [0.29, 0.717) is 33.8 Å². The molecule has 0 fully saturated rings. The van der Waals surface area contributed by atoms with Crippen LogP contribution < -0.4 is 0 Å². The Kier molecular flexibility index (Phi) is 5.27. The molecule has 4 nitrogen and oxygen atoms in total. The summed E-state index contributed by atoms with van der Waals surface area (Å²) >= 11 is 12.0. The number of hydrogen-bond acceptors (Lipinski definition) is 3. The third kappa shape index (κ3) is 3.18. The van der Waals surface area contributed by atoms with Crippen molar-refractivity contribution in [2.24, 2.45) is 0 Å².